The summed E-state index contributed by atoms with van der Waals surface area (Å²) >= 11 is 0. The third-order valence-corrected chi connectivity index (χ3v) is 3.19. The summed E-state index contributed by atoms with van der Waals surface area (Å²) in [7, 11) is 0. The molecule has 0 amide bonds. The van der Waals surface area contributed by atoms with Gasteiger partial charge in [0, 0.05) is 13.1 Å². The summed E-state index contributed by atoms with van der Waals surface area (Å²) in [6.45, 7) is 6.98. The molecular weight excluding hydrogens is 266 g/mol. The Bertz CT molecular complexity index is 504. The highest BCUT2D eigenvalue weighted by atomic mass is 19.2. The van der Waals surface area contributed by atoms with Crippen LogP contribution in [-0.4, -0.2) is 30.7 Å². The van der Waals surface area contributed by atoms with E-state index in [1.807, 2.05) is 20.8 Å². The van der Waals surface area contributed by atoms with Gasteiger partial charge in [0.15, 0.2) is 11.6 Å². The van der Waals surface area contributed by atoms with E-state index >= 15 is 0 Å². The van der Waals surface area contributed by atoms with E-state index in [0.29, 0.717) is 19.6 Å². The molecule has 0 fully saturated rings. The summed E-state index contributed by atoms with van der Waals surface area (Å²) in [4.78, 5) is 12.4. The summed E-state index contributed by atoms with van der Waals surface area (Å²) in [6.07, 6.45) is 0. The zero-order chi connectivity index (χ0) is 15.5. The quantitative estimate of drug-likeness (QED) is 0.843. The first-order valence-electron chi connectivity index (χ1n) is 6.39. The standard InChI is InChI=1S/C14H20F2N2O2/c1-4-18(8-14(2,3)7-17)10-6-5-9(13(19)20)11(15)12(10)16/h5-6H,4,7-8,17H2,1-3H3,(H,19,20). The summed E-state index contributed by atoms with van der Waals surface area (Å²) in [5, 5.41) is 8.76. The van der Waals surface area contributed by atoms with Gasteiger partial charge in [-0.1, -0.05) is 13.8 Å². The monoisotopic (exact) mass is 286 g/mol. The van der Waals surface area contributed by atoms with Crippen molar-refractivity contribution >= 4 is 11.7 Å². The van der Waals surface area contributed by atoms with Gasteiger partial charge < -0.3 is 15.7 Å². The fraction of sp³-hybridized carbons (Fsp3) is 0.500. The van der Waals surface area contributed by atoms with E-state index in [4.69, 9.17) is 10.8 Å². The van der Waals surface area contributed by atoms with E-state index in [0.717, 1.165) is 6.07 Å². The number of halogens is 2. The van der Waals surface area contributed by atoms with E-state index in [-0.39, 0.29) is 11.1 Å². The lowest BCUT2D eigenvalue weighted by molar-refractivity contribution is 0.0690. The van der Waals surface area contributed by atoms with E-state index in [1.54, 1.807) is 4.90 Å². The van der Waals surface area contributed by atoms with Gasteiger partial charge in [-0.2, -0.15) is 0 Å². The minimum atomic E-state index is -1.49. The Balaban J connectivity index is 3.18. The zero-order valence-corrected chi connectivity index (χ0v) is 11.9. The molecule has 20 heavy (non-hydrogen) atoms. The van der Waals surface area contributed by atoms with Crippen molar-refractivity contribution in [2.24, 2.45) is 11.1 Å². The van der Waals surface area contributed by atoms with Gasteiger partial charge in [-0.25, -0.2) is 13.6 Å². The predicted octanol–water partition coefficient (Wildman–Crippen LogP) is 2.47. The molecule has 0 saturated carbocycles. The normalized spacial score (nSPS) is 11.5. The van der Waals surface area contributed by atoms with Crippen molar-refractivity contribution in [2.75, 3.05) is 24.5 Å². The Hall–Kier alpha value is -1.69. The molecule has 0 radical (unpaired) electrons. The topological polar surface area (TPSA) is 66.6 Å². The van der Waals surface area contributed by atoms with Crippen LogP contribution in [-0.2, 0) is 0 Å². The lowest BCUT2D eigenvalue weighted by atomic mass is 9.92. The second-order valence-corrected chi connectivity index (χ2v) is 5.45. The second kappa shape index (κ2) is 6.17. The number of aromatic carboxylic acids is 1. The maximum atomic E-state index is 14.0. The zero-order valence-electron chi connectivity index (χ0n) is 11.9. The molecule has 0 bridgehead atoms. The van der Waals surface area contributed by atoms with Gasteiger partial charge in [-0.3, -0.25) is 0 Å². The van der Waals surface area contributed by atoms with Crippen molar-refractivity contribution in [3.05, 3.63) is 29.3 Å². The smallest absolute Gasteiger partial charge is 0.338 e. The maximum absolute atomic E-state index is 14.0. The molecule has 0 heterocycles. The maximum Gasteiger partial charge on any atom is 0.338 e. The average molecular weight is 286 g/mol. The fourth-order valence-electron chi connectivity index (χ4n) is 1.90. The number of carboxylic acid groups (broad SMARTS) is 1. The number of nitrogens with two attached hydrogens (primary N) is 1. The van der Waals surface area contributed by atoms with Gasteiger partial charge >= 0.3 is 5.97 Å². The summed E-state index contributed by atoms with van der Waals surface area (Å²) in [5.74, 6) is -3.96. The molecule has 1 aromatic carbocycles. The molecular formula is C14H20F2N2O2. The van der Waals surface area contributed by atoms with Gasteiger partial charge in [0.1, 0.15) is 0 Å². The third-order valence-electron chi connectivity index (χ3n) is 3.19. The van der Waals surface area contributed by atoms with Gasteiger partial charge in [0.05, 0.1) is 11.3 Å². The first-order chi connectivity index (χ1) is 9.23. The van der Waals surface area contributed by atoms with Gasteiger partial charge in [-0.05, 0) is 31.0 Å². The van der Waals surface area contributed by atoms with Crippen molar-refractivity contribution in [1.29, 1.82) is 0 Å². The molecule has 0 unspecified atom stereocenters. The van der Waals surface area contributed by atoms with Crippen molar-refractivity contribution in [2.45, 2.75) is 20.8 Å². The van der Waals surface area contributed by atoms with E-state index in [2.05, 4.69) is 0 Å². The van der Waals surface area contributed by atoms with E-state index < -0.39 is 23.2 Å². The average Bonchev–Trinajstić information content (AvgIpc) is 2.39. The van der Waals surface area contributed by atoms with Crippen LogP contribution < -0.4 is 10.6 Å². The van der Waals surface area contributed by atoms with Crippen LogP contribution in [0.4, 0.5) is 14.5 Å². The van der Waals surface area contributed by atoms with Crippen molar-refractivity contribution in [3.63, 3.8) is 0 Å². The SMILES string of the molecule is CCN(CC(C)(C)CN)c1ccc(C(=O)O)c(F)c1F. The van der Waals surface area contributed by atoms with E-state index in [9.17, 15) is 13.6 Å². The van der Waals surface area contributed by atoms with Crippen LogP contribution in [0.25, 0.3) is 0 Å². The van der Waals surface area contributed by atoms with Crippen LogP contribution in [0.2, 0.25) is 0 Å². The number of carbonyl (C=O) groups is 1. The Morgan fingerprint density at radius 3 is 2.40 bits per heavy atom. The van der Waals surface area contributed by atoms with Crippen LogP contribution in [0.5, 0.6) is 0 Å². The van der Waals surface area contributed by atoms with Crippen LogP contribution in [0.3, 0.4) is 0 Å². The second-order valence-electron chi connectivity index (χ2n) is 5.45. The van der Waals surface area contributed by atoms with Crippen LogP contribution in [0.15, 0.2) is 12.1 Å². The Morgan fingerprint density at radius 2 is 1.95 bits per heavy atom. The number of anilines is 1. The molecule has 0 aromatic heterocycles. The number of benzene rings is 1. The Labute approximate surface area is 117 Å². The van der Waals surface area contributed by atoms with Crippen molar-refractivity contribution in [1.82, 2.24) is 0 Å². The van der Waals surface area contributed by atoms with Gasteiger partial charge in [0.2, 0.25) is 0 Å². The molecule has 0 atom stereocenters. The Kier molecular flexibility index (Phi) is 5.05. The van der Waals surface area contributed by atoms with Crippen LogP contribution in [0, 0.1) is 17.0 Å². The summed E-state index contributed by atoms with van der Waals surface area (Å²) in [6, 6.07) is 2.37. The number of rotatable bonds is 6. The molecule has 4 nitrogen and oxygen atoms in total. The van der Waals surface area contributed by atoms with Crippen molar-refractivity contribution < 1.29 is 18.7 Å². The molecule has 0 aliphatic carbocycles. The highest BCUT2D eigenvalue weighted by molar-refractivity contribution is 5.88. The Morgan fingerprint density at radius 1 is 1.35 bits per heavy atom. The van der Waals surface area contributed by atoms with E-state index in [1.165, 1.54) is 6.07 Å². The predicted molar refractivity (Wildman–Crippen MR) is 74.0 cm³/mol. The molecule has 6 heteroatoms. The lowest BCUT2D eigenvalue weighted by Crippen LogP contribution is -2.39. The minimum Gasteiger partial charge on any atom is -0.478 e. The highest BCUT2D eigenvalue weighted by Gasteiger charge is 2.24. The number of hydrogen-bond acceptors (Lipinski definition) is 3. The largest absolute Gasteiger partial charge is 0.478 e. The lowest BCUT2D eigenvalue weighted by Gasteiger charge is -2.33. The highest BCUT2D eigenvalue weighted by Crippen LogP contribution is 2.27. The molecule has 0 spiro atoms. The first kappa shape index (κ1) is 16.4. The molecule has 112 valence electrons. The van der Waals surface area contributed by atoms with Crippen LogP contribution in [0.1, 0.15) is 31.1 Å². The van der Waals surface area contributed by atoms with Gasteiger partial charge in [-0.15, -0.1) is 0 Å². The van der Waals surface area contributed by atoms with Crippen LogP contribution >= 0.6 is 0 Å². The first-order valence-corrected chi connectivity index (χ1v) is 6.39. The molecule has 0 aliphatic heterocycles. The summed E-state index contributed by atoms with van der Waals surface area (Å²) in [5.41, 5.74) is 4.77. The molecule has 0 aliphatic rings. The molecule has 0 saturated heterocycles. The number of hydrogen-bond donors (Lipinski definition) is 2. The number of carboxylic acids is 1. The number of nitrogens with zero attached hydrogens (tertiary/aromatic N) is 1. The summed E-state index contributed by atoms with van der Waals surface area (Å²) < 4.78 is 27.7. The fourth-order valence-corrected chi connectivity index (χ4v) is 1.90. The van der Waals surface area contributed by atoms with Gasteiger partial charge in [0.25, 0.3) is 0 Å². The third kappa shape index (κ3) is 3.45. The molecule has 3 N–H and O–H groups in total. The van der Waals surface area contributed by atoms with Crippen molar-refractivity contribution in [3.8, 4) is 0 Å². The minimum absolute atomic E-state index is 0.0523. The molecule has 1 rings (SSSR count). The molecule has 1 aromatic rings.